The molecule has 0 spiro atoms. The predicted octanol–water partition coefficient (Wildman–Crippen LogP) is 4.14. The zero-order chi connectivity index (χ0) is 17.9. The number of amides is 1. The lowest BCUT2D eigenvalue weighted by molar-refractivity contribution is -0.120. The molecule has 2 aromatic carbocycles. The molecule has 1 unspecified atom stereocenters. The van der Waals surface area contributed by atoms with E-state index in [0.717, 1.165) is 23.4 Å². The molecule has 0 saturated heterocycles. The number of halogens is 1. The molecule has 3 nitrogen and oxygen atoms in total. The Kier molecular flexibility index (Phi) is 4.48. The molecular formula is C22H19FN2O. The first-order valence-corrected chi connectivity index (χ1v) is 8.77. The Labute approximate surface area is 152 Å². The van der Waals surface area contributed by atoms with Crippen LogP contribution in [-0.4, -0.2) is 17.4 Å². The first-order chi connectivity index (χ1) is 12.7. The predicted molar refractivity (Wildman–Crippen MR) is 99.6 cm³/mol. The van der Waals surface area contributed by atoms with Crippen LogP contribution in [0.15, 0.2) is 72.9 Å². The molecular weight excluding hydrogens is 327 g/mol. The Bertz CT molecular complexity index is 909. The maximum atomic E-state index is 13.4. The Morgan fingerprint density at radius 2 is 1.81 bits per heavy atom. The third kappa shape index (κ3) is 3.23. The number of pyridine rings is 1. The van der Waals surface area contributed by atoms with Gasteiger partial charge in [-0.15, -0.1) is 0 Å². The van der Waals surface area contributed by atoms with Crippen LogP contribution in [0.2, 0.25) is 0 Å². The summed E-state index contributed by atoms with van der Waals surface area (Å²) in [6.07, 6.45) is 3.08. The van der Waals surface area contributed by atoms with Crippen molar-refractivity contribution >= 4 is 11.6 Å². The van der Waals surface area contributed by atoms with Gasteiger partial charge < -0.3 is 4.90 Å². The Morgan fingerprint density at radius 3 is 2.58 bits per heavy atom. The Morgan fingerprint density at radius 1 is 1.04 bits per heavy atom. The molecule has 2 heterocycles. The molecule has 1 aliphatic rings. The van der Waals surface area contributed by atoms with E-state index in [0.29, 0.717) is 13.0 Å². The SMILES string of the molecule is O=C(C(Cc1ccccn1)c1ccc(F)cc1)N1CCc2ccccc21. The van der Waals surface area contributed by atoms with E-state index < -0.39 is 5.92 Å². The minimum Gasteiger partial charge on any atom is -0.311 e. The molecule has 130 valence electrons. The topological polar surface area (TPSA) is 33.2 Å². The van der Waals surface area contributed by atoms with Gasteiger partial charge in [-0.1, -0.05) is 36.4 Å². The number of rotatable bonds is 4. The molecule has 0 bridgehead atoms. The average molecular weight is 346 g/mol. The van der Waals surface area contributed by atoms with Crippen LogP contribution in [0.4, 0.5) is 10.1 Å². The third-order valence-electron chi connectivity index (χ3n) is 4.86. The quantitative estimate of drug-likeness (QED) is 0.711. The molecule has 1 aromatic heterocycles. The van der Waals surface area contributed by atoms with Crippen molar-refractivity contribution in [2.45, 2.75) is 18.8 Å². The van der Waals surface area contributed by atoms with Gasteiger partial charge in [0.25, 0.3) is 0 Å². The van der Waals surface area contributed by atoms with Crippen molar-refractivity contribution in [2.75, 3.05) is 11.4 Å². The van der Waals surface area contributed by atoms with E-state index in [-0.39, 0.29) is 11.7 Å². The van der Waals surface area contributed by atoms with Gasteiger partial charge in [0, 0.05) is 30.5 Å². The summed E-state index contributed by atoms with van der Waals surface area (Å²) in [5.41, 5.74) is 3.83. The molecule has 4 rings (SSSR count). The fourth-order valence-electron chi connectivity index (χ4n) is 3.53. The highest BCUT2D eigenvalue weighted by Crippen LogP contribution is 2.32. The minimum absolute atomic E-state index is 0.0345. The molecule has 0 saturated carbocycles. The van der Waals surface area contributed by atoms with Crippen molar-refractivity contribution in [1.82, 2.24) is 4.98 Å². The van der Waals surface area contributed by atoms with Crippen LogP contribution in [0.5, 0.6) is 0 Å². The van der Waals surface area contributed by atoms with Crippen LogP contribution in [0.25, 0.3) is 0 Å². The van der Waals surface area contributed by atoms with Crippen LogP contribution >= 0.6 is 0 Å². The number of anilines is 1. The van der Waals surface area contributed by atoms with E-state index in [1.54, 1.807) is 18.3 Å². The summed E-state index contributed by atoms with van der Waals surface area (Å²) in [5, 5.41) is 0. The number of para-hydroxylation sites is 1. The van der Waals surface area contributed by atoms with Crippen LogP contribution in [0.1, 0.15) is 22.7 Å². The van der Waals surface area contributed by atoms with Crippen LogP contribution in [0, 0.1) is 5.82 Å². The number of nitrogens with zero attached hydrogens (tertiary/aromatic N) is 2. The highest BCUT2D eigenvalue weighted by Gasteiger charge is 2.31. The second-order valence-corrected chi connectivity index (χ2v) is 6.50. The highest BCUT2D eigenvalue weighted by atomic mass is 19.1. The van der Waals surface area contributed by atoms with Gasteiger partial charge in [0.15, 0.2) is 0 Å². The van der Waals surface area contributed by atoms with Crippen molar-refractivity contribution in [3.05, 3.63) is 95.6 Å². The van der Waals surface area contributed by atoms with Crippen LogP contribution in [0.3, 0.4) is 0 Å². The van der Waals surface area contributed by atoms with Crippen molar-refractivity contribution in [2.24, 2.45) is 0 Å². The summed E-state index contributed by atoms with van der Waals surface area (Å²) in [5.74, 6) is -0.659. The van der Waals surface area contributed by atoms with Crippen molar-refractivity contribution in [3.8, 4) is 0 Å². The van der Waals surface area contributed by atoms with Crippen LogP contribution < -0.4 is 4.90 Å². The molecule has 0 N–H and O–H groups in total. The number of aromatic nitrogens is 1. The molecule has 0 aliphatic carbocycles. The number of fused-ring (bicyclic) bond motifs is 1. The molecule has 0 fully saturated rings. The van der Waals surface area contributed by atoms with Gasteiger partial charge in [0.05, 0.1) is 5.92 Å². The normalized spacial score (nSPS) is 14.1. The van der Waals surface area contributed by atoms with Gasteiger partial charge in [-0.2, -0.15) is 0 Å². The lowest BCUT2D eigenvalue weighted by atomic mass is 9.92. The molecule has 1 aliphatic heterocycles. The van der Waals surface area contributed by atoms with Crippen LogP contribution in [-0.2, 0) is 17.6 Å². The molecule has 26 heavy (non-hydrogen) atoms. The van der Waals surface area contributed by atoms with E-state index in [9.17, 15) is 9.18 Å². The van der Waals surface area contributed by atoms with E-state index in [4.69, 9.17) is 0 Å². The van der Waals surface area contributed by atoms with Gasteiger partial charge in [-0.3, -0.25) is 9.78 Å². The van der Waals surface area contributed by atoms with Gasteiger partial charge in [-0.25, -0.2) is 4.39 Å². The summed E-state index contributed by atoms with van der Waals surface area (Å²) in [6, 6.07) is 19.9. The number of hydrogen-bond acceptors (Lipinski definition) is 2. The lowest BCUT2D eigenvalue weighted by Gasteiger charge is -2.24. The number of benzene rings is 2. The zero-order valence-electron chi connectivity index (χ0n) is 14.3. The fraction of sp³-hybridized carbons (Fsp3) is 0.182. The van der Waals surface area contributed by atoms with Gasteiger partial charge in [0.2, 0.25) is 5.91 Å². The summed E-state index contributed by atoms with van der Waals surface area (Å²) < 4.78 is 13.4. The molecule has 4 heteroatoms. The van der Waals surface area contributed by atoms with Gasteiger partial charge in [-0.05, 0) is 47.9 Å². The van der Waals surface area contributed by atoms with E-state index >= 15 is 0 Å². The van der Waals surface area contributed by atoms with E-state index in [1.165, 1.54) is 17.7 Å². The summed E-state index contributed by atoms with van der Waals surface area (Å²) in [6.45, 7) is 0.679. The summed E-state index contributed by atoms with van der Waals surface area (Å²) >= 11 is 0. The van der Waals surface area contributed by atoms with E-state index in [1.807, 2.05) is 41.3 Å². The third-order valence-corrected chi connectivity index (χ3v) is 4.86. The second-order valence-electron chi connectivity index (χ2n) is 6.50. The molecule has 0 radical (unpaired) electrons. The molecule has 1 atom stereocenters. The first-order valence-electron chi connectivity index (χ1n) is 8.77. The second kappa shape index (κ2) is 7.08. The van der Waals surface area contributed by atoms with Gasteiger partial charge >= 0.3 is 0 Å². The Balaban J connectivity index is 1.68. The summed E-state index contributed by atoms with van der Waals surface area (Å²) in [4.78, 5) is 19.6. The summed E-state index contributed by atoms with van der Waals surface area (Å²) in [7, 11) is 0. The fourth-order valence-corrected chi connectivity index (χ4v) is 3.53. The smallest absolute Gasteiger partial charge is 0.234 e. The van der Waals surface area contributed by atoms with E-state index in [2.05, 4.69) is 11.1 Å². The number of carbonyl (C=O) groups excluding carboxylic acids is 1. The largest absolute Gasteiger partial charge is 0.311 e. The zero-order valence-corrected chi connectivity index (χ0v) is 14.3. The van der Waals surface area contributed by atoms with Gasteiger partial charge in [0.1, 0.15) is 5.82 Å². The monoisotopic (exact) mass is 346 g/mol. The molecule has 1 amide bonds. The number of hydrogen-bond donors (Lipinski definition) is 0. The highest BCUT2D eigenvalue weighted by molar-refractivity contribution is 6.00. The van der Waals surface area contributed by atoms with Crippen molar-refractivity contribution < 1.29 is 9.18 Å². The Hall–Kier alpha value is -3.01. The standard InChI is InChI=1S/C22H19FN2O/c23-18-10-8-16(9-11-18)20(15-19-6-3-4-13-24-19)22(26)25-14-12-17-5-1-2-7-21(17)25/h1-11,13,20H,12,14-15H2. The first kappa shape index (κ1) is 16.5. The molecule has 3 aromatic rings. The number of carbonyl (C=O) groups is 1. The van der Waals surface area contributed by atoms with Crippen molar-refractivity contribution in [3.63, 3.8) is 0 Å². The maximum absolute atomic E-state index is 13.4. The minimum atomic E-state index is -0.392. The van der Waals surface area contributed by atoms with Crippen molar-refractivity contribution in [1.29, 1.82) is 0 Å². The maximum Gasteiger partial charge on any atom is 0.234 e. The average Bonchev–Trinajstić information content (AvgIpc) is 3.11. The lowest BCUT2D eigenvalue weighted by Crippen LogP contribution is -2.34.